The largest absolute Gasteiger partial charge is 0.336 e. The van der Waals surface area contributed by atoms with Crippen molar-refractivity contribution in [2.75, 3.05) is 0 Å². The Hall–Kier alpha value is 0.780. The molecule has 0 bridgehead atoms. The van der Waals surface area contributed by atoms with Crippen LogP contribution < -0.4 is 5.32 Å². The van der Waals surface area contributed by atoms with Gasteiger partial charge in [0.15, 0.2) is 0 Å². The van der Waals surface area contributed by atoms with Crippen molar-refractivity contribution >= 4 is 87.3 Å². The van der Waals surface area contributed by atoms with E-state index in [0.29, 0.717) is 0 Å². The van der Waals surface area contributed by atoms with Crippen LogP contribution in [0.15, 0.2) is 35.2 Å². The van der Waals surface area contributed by atoms with Crippen molar-refractivity contribution in [1.82, 2.24) is 5.32 Å². The number of thioether (sulfide) groups is 1. The van der Waals surface area contributed by atoms with Crippen LogP contribution in [0.3, 0.4) is 0 Å². The Morgan fingerprint density at radius 1 is 1.05 bits per heavy atom. The van der Waals surface area contributed by atoms with E-state index >= 15 is 0 Å². The first kappa shape index (κ1) is 17.8. The Labute approximate surface area is 145 Å². The minimum atomic E-state index is -2.12. The van der Waals surface area contributed by atoms with Gasteiger partial charge in [-0.15, -0.1) is 0 Å². The van der Waals surface area contributed by atoms with E-state index in [2.05, 4.69) is 5.32 Å². The van der Waals surface area contributed by atoms with Gasteiger partial charge in [-0.3, -0.25) is 4.79 Å². The van der Waals surface area contributed by atoms with Crippen LogP contribution in [0.2, 0.25) is 0 Å². The molecule has 0 heterocycles. The lowest BCUT2D eigenvalue weighted by atomic mass is 10.4. The van der Waals surface area contributed by atoms with Crippen molar-refractivity contribution in [3.63, 3.8) is 0 Å². The molecule has 0 aliphatic heterocycles. The predicted octanol–water partition coefficient (Wildman–Crippen LogP) is 4.96. The molecule has 0 aliphatic carbocycles. The summed E-state index contributed by atoms with van der Waals surface area (Å²) in [5.74, 6) is -0.864. The fourth-order valence-corrected chi connectivity index (χ4v) is 2.63. The van der Waals surface area contributed by atoms with Gasteiger partial charge in [0.25, 0.3) is 9.70 Å². The summed E-state index contributed by atoms with van der Waals surface area (Å²) in [5, 5.41) is 1.48. The van der Waals surface area contributed by atoms with Gasteiger partial charge in [-0.05, 0) is 12.1 Å². The molecule has 1 aromatic rings. The van der Waals surface area contributed by atoms with Crippen molar-refractivity contribution in [3.8, 4) is 0 Å². The van der Waals surface area contributed by atoms with Crippen molar-refractivity contribution in [3.05, 3.63) is 30.3 Å². The van der Waals surface area contributed by atoms with E-state index < -0.39 is 18.9 Å². The van der Waals surface area contributed by atoms with Crippen LogP contribution in [-0.2, 0) is 4.79 Å². The second kappa shape index (κ2) is 7.17. The minimum Gasteiger partial charge on any atom is -0.336 e. The Morgan fingerprint density at radius 2 is 1.58 bits per heavy atom. The predicted molar refractivity (Wildman–Crippen MR) is 84.8 cm³/mol. The van der Waals surface area contributed by atoms with Crippen molar-refractivity contribution in [2.24, 2.45) is 0 Å². The van der Waals surface area contributed by atoms with E-state index in [0.717, 1.165) is 16.7 Å². The molecule has 1 rings (SSSR count). The quantitative estimate of drug-likeness (QED) is 0.440. The molecule has 1 unspecified atom stereocenters. The molecule has 0 aliphatic rings. The summed E-state index contributed by atoms with van der Waals surface area (Å²) in [4.78, 5) is 12.4. The molecule has 1 atom stereocenters. The highest BCUT2D eigenvalue weighted by Crippen LogP contribution is 2.40. The summed E-state index contributed by atoms with van der Waals surface area (Å²) in [6.07, 6.45) is 0. The first-order valence-electron chi connectivity index (χ1n) is 4.77. The molecule has 0 saturated carbocycles. The molecule has 0 spiro atoms. The summed E-state index contributed by atoms with van der Waals surface area (Å²) in [5.41, 5.74) is 0. The maximum Gasteiger partial charge on any atom is 0.273 e. The van der Waals surface area contributed by atoms with Crippen LogP contribution in [-0.4, -0.2) is 18.9 Å². The molecule has 0 saturated heterocycles. The van der Waals surface area contributed by atoms with E-state index in [1.54, 1.807) is 12.1 Å². The average molecular weight is 402 g/mol. The highest BCUT2D eigenvalue weighted by molar-refractivity contribution is 8.00. The second-order valence-electron chi connectivity index (χ2n) is 3.32. The molecule has 0 aromatic heterocycles. The number of carbonyl (C=O) groups excluding carboxylic acids is 1. The van der Waals surface area contributed by atoms with Gasteiger partial charge in [0.05, 0.1) is 0 Å². The lowest BCUT2D eigenvalue weighted by Crippen LogP contribution is -2.46. The third kappa shape index (κ3) is 6.38. The van der Waals surface area contributed by atoms with Crippen LogP contribution in [0.5, 0.6) is 0 Å². The van der Waals surface area contributed by atoms with Crippen LogP contribution in [0.25, 0.3) is 0 Å². The monoisotopic (exact) mass is 399 g/mol. The topological polar surface area (TPSA) is 29.1 Å². The zero-order valence-electron chi connectivity index (χ0n) is 9.05. The molecular weight excluding hydrogens is 395 g/mol. The minimum absolute atomic E-state index is 0.795. The lowest BCUT2D eigenvalue weighted by Gasteiger charge is -2.26. The van der Waals surface area contributed by atoms with Gasteiger partial charge in [-0.2, -0.15) is 0 Å². The number of nitrogens with one attached hydrogen (secondary N) is 1. The highest BCUT2D eigenvalue weighted by Gasteiger charge is 2.39. The molecule has 0 radical (unpaired) electrons. The number of carbonyl (C=O) groups is 1. The molecule has 2 nitrogen and oxygen atoms in total. The second-order valence-corrected chi connectivity index (χ2v) is 9.15. The molecule has 106 valence electrons. The number of rotatable bonds is 3. The zero-order valence-corrected chi connectivity index (χ0v) is 14.4. The lowest BCUT2D eigenvalue weighted by molar-refractivity contribution is -0.120. The molecule has 1 amide bonds. The summed E-state index contributed by atoms with van der Waals surface area (Å²) in [7, 11) is 0. The van der Waals surface area contributed by atoms with Crippen molar-refractivity contribution in [1.29, 1.82) is 0 Å². The summed E-state index contributed by atoms with van der Waals surface area (Å²) < 4.78 is -3.88. The normalized spacial score (nSPS) is 14.0. The molecular formula is C10H7Cl6NOS. The van der Waals surface area contributed by atoms with Gasteiger partial charge in [0.2, 0.25) is 3.79 Å². The number of alkyl halides is 6. The Balaban J connectivity index is 2.83. The standard InChI is InChI=1S/C10H7Cl6NOS/c11-9(12,13)7(18)17-8(10(14,15)16)19-6-4-2-1-3-5-6/h1-5,8H,(H,17,18). The molecule has 19 heavy (non-hydrogen) atoms. The maximum absolute atomic E-state index is 11.6. The first-order valence-corrected chi connectivity index (χ1v) is 7.91. The Kier molecular flexibility index (Phi) is 6.73. The average Bonchev–Trinajstić information content (AvgIpc) is 2.27. The SMILES string of the molecule is O=C(NC(Sc1ccccc1)C(Cl)(Cl)Cl)C(Cl)(Cl)Cl. The number of amides is 1. The number of halogens is 6. The smallest absolute Gasteiger partial charge is 0.273 e. The van der Waals surface area contributed by atoms with Crippen LogP contribution in [0.4, 0.5) is 0 Å². The molecule has 1 N–H and O–H groups in total. The van der Waals surface area contributed by atoms with Crippen LogP contribution in [0, 0.1) is 0 Å². The zero-order chi connectivity index (χ0) is 14.7. The molecule has 1 aromatic carbocycles. The molecule has 0 fully saturated rings. The van der Waals surface area contributed by atoms with Crippen molar-refractivity contribution < 1.29 is 4.79 Å². The third-order valence-corrected chi connectivity index (χ3v) is 4.62. The Morgan fingerprint density at radius 3 is 2.00 bits per heavy atom. The summed E-state index contributed by atoms with van der Waals surface area (Å²) in [6.45, 7) is 0. The fraction of sp³-hybridized carbons (Fsp3) is 0.300. The van der Waals surface area contributed by atoms with E-state index in [1.807, 2.05) is 18.2 Å². The van der Waals surface area contributed by atoms with Gasteiger partial charge >= 0.3 is 0 Å². The number of benzene rings is 1. The van der Waals surface area contributed by atoms with Gasteiger partial charge in [0, 0.05) is 4.90 Å². The van der Waals surface area contributed by atoms with Crippen LogP contribution >= 0.6 is 81.4 Å². The van der Waals surface area contributed by atoms with E-state index in [1.165, 1.54) is 0 Å². The van der Waals surface area contributed by atoms with Gasteiger partial charge < -0.3 is 5.32 Å². The highest BCUT2D eigenvalue weighted by atomic mass is 35.6. The fourth-order valence-electron chi connectivity index (χ4n) is 1.01. The summed E-state index contributed by atoms with van der Waals surface area (Å²) in [6, 6.07) is 9.07. The van der Waals surface area contributed by atoms with Crippen LogP contribution in [0.1, 0.15) is 0 Å². The van der Waals surface area contributed by atoms with E-state index in [4.69, 9.17) is 69.6 Å². The van der Waals surface area contributed by atoms with E-state index in [9.17, 15) is 4.79 Å². The molecule has 9 heteroatoms. The van der Waals surface area contributed by atoms with Crippen molar-refractivity contribution in [2.45, 2.75) is 17.9 Å². The number of hydrogen-bond donors (Lipinski definition) is 1. The number of hydrogen-bond acceptors (Lipinski definition) is 2. The Bertz CT molecular complexity index is 430. The summed E-state index contributed by atoms with van der Waals surface area (Å²) >= 11 is 34.9. The van der Waals surface area contributed by atoms with Gasteiger partial charge in [-0.1, -0.05) is 99.6 Å². The maximum atomic E-state index is 11.6. The first-order chi connectivity index (χ1) is 8.60. The van der Waals surface area contributed by atoms with Gasteiger partial charge in [-0.25, -0.2) is 0 Å². The third-order valence-electron chi connectivity index (χ3n) is 1.81. The van der Waals surface area contributed by atoms with Gasteiger partial charge in [0.1, 0.15) is 5.37 Å². The van der Waals surface area contributed by atoms with E-state index in [-0.39, 0.29) is 0 Å².